The SMILES string of the molecule is C=C1C(CC)c2ccccc2C1C1OC2=CC(C)=C(C(=O)OCC)C(c3ccccc3)C2C1=O. The van der Waals surface area contributed by atoms with Crippen LogP contribution < -0.4 is 0 Å². The Morgan fingerprint density at radius 1 is 0.971 bits per heavy atom. The fraction of sp³-hybridized carbons (Fsp3) is 0.333. The first-order valence-corrected chi connectivity index (χ1v) is 12.1. The molecule has 0 amide bonds. The molecule has 0 bridgehead atoms. The second-order valence-corrected chi connectivity index (χ2v) is 9.31. The van der Waals surface area contributed by atoms with E-state index in [1.165, 1.54) is 5.56 Å². The van der Waals surface area contributed by atoms with Crippen LogP contribution in [0.2, 0.25) is 0 Å². The number of fused-ring (bicyclic) bond motifs is 2. The Labute approximate surface area is 201 Å². The van der Waals surface area contributed by atoms with Crippen LogP contribution in [0.1, 0.15) is 61.6 Å². The largest absolute Gasteiger partial charge is 0.485 e. The zero-order valence-electron chi connectivity index (χ0n) is 19.9. The fourth-order valence-electron chi connectivity index (χ4n) is 6.07. The van der Waals surface area contributed by atoms with Gasteiger partial charge in [-0.05, 0) is 48.6 Å². The van der Waals surface area contributed by atoms with Gasteiger partial charge in [0.1, 0.15) is 5.76 Å². The highest BCUT2D eigenvalue weighted by Gasteiger charge is 2.54. The Hall–Kier alpha value is -3.40. The van der Waals surface area contributed by atoms with Crippen LogP contribution in [0, 0.1) is 5.92 Å². The summed E-state index contributed by atoms with van der Waals surface area (Å²) in [4.78, 5) is 27.2. The van der Waals surface area contributed by atoms with E-state index in [0.29, 0.717) is 11.3 Å². The zero-order chi connectivity index (χ0) is 24.0. The summed E-state index contributed by atoms with van der Waals surface area (Å²) in [5, 5.41) is 0. The minimum atomic E-state index is -0.651. The van der Waals surface area contributed by atoms with Crippen LogP contribution in [0.5, 0.6) is 0 Å². The van der Waals surface area contributed by atoms with Gasteiger partial charge in [0.05, 0.1) is 12.5 Å². The van der Waals surface area contributed by atoms with Crippen molar-refractivity contribution in [1.29, 1.82) is 0 Å². The predicted octanol–water partition coefficient (Wildman–Crippen LogP) is 5.98. The molecule has 2 aromatic rings. The van der Waals surface area contributed by atoms with Gasteiger partial charge in [-0.2, -0.15) is 0 Å². The molecule has 1 saturated heterocycles. The normalized spacial score (nSPS) is 27.7. The summed E-state index contributed by atoms with van der Waals surface area (Å²) in [6.07, 6.45) is 2.14. The van der Waals surface area contributed by atoms with Crippen LogP contribution in [-0.2, 0) is 19.1 Å². The fourth-order valence-corrected chi connectivity index (χ4v) is 6.07. The molecule has 5 atom stereocenters. The molecular weight excluding hydrogens is 424 g/mol. The van der Waals surface area contributed by atoms with Crippen molar-refractivity contribution in [2.45, 2.75) is 51.0 Å². The summed E-state index contributed by atoms with van der Waals surface area (Å²) in [6, 6.07) is 18.0. The average Bonchev–Trinajstić information content (AvgIpc) is 3.30. The number of esters is 1. The van der Waals surface area contributed by atoms with Gasteiger partial charge in [-0.15, -0.1) is 0 Å². The second kappa shape index (κ2) is 8.75. The van der Waals surface area contributed by atoms with E-state index in [2.05, 4.69) is 25.6 Å². The Morgan fingerprint density at radius 2 is 1.65 bits per heavy atom. The standard InChI is InChI=1S/C30H30O4/c1-5-20-18(4)25(22-15-11-10-14-21(20)22)29-28(31)27-23(34-29)16-17(3)24(30(32)33-6-2)26(27)19-12-8-7-9-13-19/h7-16,20,25-27,29H,4-6H2,1-3H3. The van der Waals surface area contributed by atoms with E-state index in [0.717, 1.165) is 28.7 Å². The maximum absolute atomic E-state index is 14.1. The highest BCUT2D eigenvalue weighted by Crippen LogP contribution is 2.54. The lowest BCUT2D eigenvalue weighted by molar-refractivity contribution is -0.139. The lowest BCUT2D eigenvalue weighted by Gasteiger charge is -2.29. The number of ketones is 1. The molecule has 1 aliphatic heterocycles. The Balaban J connectivity index is 1.59. The third kappa shape index (κ3) is 3.35. The van der Waals surface area contributed by atoms with Gasteiger partial charge in [-0.3, -0.25) is 4.79 Å². The maximum atomic E-state index is 14.1. The van der Waals surface area contributed by atoms with Crippen molar-refractivity contribution in [1.82, 2.24) is 0 Å². The molecule has 0 N–H and O–H groups in total. The van der Waals surface area contributed by atoms with Gasteiger partial charge in [0.2, 0.25) is 0 Å². The minimum Gasteiger partial charge on any atom is -0.485 e. The van der Waals surface area contributed by atoms with Crippen molar-refractivity contribution < 1.29 is 19.1 Å². The second-order valence-electron chi connectivity index (χ2n) is 9.31. The molecule has 174 valence electrons. The lowest BCUT2D eigenvalue weighted by atomic mass is 9.72. The van der Waals surface area contributed by atoms with E-state index in [1.807, 2.05) is 55.5 Å². The number of ether oxygens (including phenoxy) is 2. The van der Waals surface area contributed by atoms with Gasteiger partial charge >= 0.3 is 5.97 Å². The molecule has 34 heavy (non-hydrogen) atoms. The maximum Gasteiger partial charge on any atom is 0.334 e. The molecule has 4 heteroatoms. The molecule has 5 unspecified atom stereocenters. The number of allylic oxidation sites excluding steroid dienone is 3. The quantitative estimate of drug-likeness (QED) is 0.412. The first kappa shape index (κ1) is 22.4. The van der Waals surface area contributed by atoms with Gasteiger partial charge in [-0.1, -0.05) is 73.7 Å². The van der Waals surface area contributed by atoms with E-state index in [4.69, 9.17) is 9.47 Å². The third-order valence-corrected chi connectivity index (χ3v) is 7.50. The van der Waals surface area contributed by atoms with Crippen LogP contribution >= 0.6 is 0 Å². The molecule has 0 aromatic heterocycles. The van der Waals surface area contributed by atoms with Crippen molar-refractivity contribution in [3.05, 3.63) is 106 Å². The molecule has 2 aliphatic carbocycles. The van der Waals surface area contributed by atoms with Gasteiger partial charge < -0.3 is 9.47 Å². The average molecular weight is 455 g/mol. The van der Waals surface area contributed by atoms with Gasteiger partial charge in [-0.25, -0.2) is 4.79 Å². The van der Waals surface area contributed by atoms with Gasteiger partial charge in [0, 0.05) is 23.3 Å². The molecule has 3 aliphatic rings. The Kier molecular flexibility index (Phi) is 5.76. The van der Waals surface area contributed by atoms with Crippen LogP contribution in [-0.4, -0.2) is 24.5 Å². The number of carbonyl (C=O) groups is 2. The molecule has 0 spiro atoms. The Bertz CT molecular complexity index is 1220. The summed E-state index contributed by atoms with van der Waals surface area (Å²) >= 11 is 0. The number of hydrogen-bond donors (Lipinski definition) is 0. The molecule has 0 radical (unpaired) electrons. The highest BCUT2D eigenvalue weighted by molar-refractivity contribution is 5.99. The van der Waals surface area contributed by atoms with Crippen molar-refractivity contribution in [2.75, 3.05) is 6.61 Å². The van der Waals surface area contributed by atoms with Crippen LogP contribution in [0.25, 0.3) is 0 Å². The molecule has 2 aromatic carbocycles. The molecule has 1 fully saturated rings. The molecule has 0 saturated carbocycles. The van der Waals surface area contributed by atoms with Crippen molar-refractivity contribution in [3.63, 3.8) is 0 Å². The smallest absolute Gasteiger partial charge is 0.334 e. The lowest BCUT2D eigenvalue weighted by Crippen LogP contribution is -2.32. The minimum absolute atomic E-state index is 0.00658. The van der Waals surface area contributed by atoms with Crippen molar-refractivity contribution in [3.8, 4) is 0 Å². The van der Waals surface area contributed by atoms with E-state index < -0.39 is 17.9 Å². The summed E-state index contributed by atoms with van der Waals surface area (Å²) in [5.41, 5.74) is 5.63. The molecule has 5 rings (SSSR count). The number of hydrogen-bond acceptors (Lipinski definition) is 4. The summed E-state index contributed by atoms with van der Waals surface area (Å²) in [5.74, 6) is -0.702. The highest BCUT2D eigenvalue weighted by atomic mass is 16.5. The first-order chi connectivity index (χ1) is 16.5. The molecule has 1 heterocycles. The third-order valence-electron chi connectivity index (χ3n) is 7.50. The summed E-state index contributed by atoms with van der Waals surface area (Å²) < 4.78 is 11.9. The van der Waals surface area contributed by atoms with E-state index in [-0.39, 0.29) is 30.2 Å². The van der Waals surface area contributed by atoms with E-state index in [9.17, 15) is 9.59 Å². The van der Waals surface area contributed by atoms with E-state index >= 15 is 0 Å². The molecular formula is C30H30O4. The van der Waals surface area contributed by atoms with Gasteiger partial charge in [0.25, 0.3) is 0 Å². The summed E-state index contributed by atoms with van der Waals surface area (Å²) in [6.45, 7) is 10.5. The predicted molar refractivity (Wildman–Crippen MR) is 131 cm³/mol. The van der Waals surface area contributed by atoms with Crippen LogP contribution in [0.3, 0.4) is 0 Å². The summed E-state index contributed by atoms with van der Waals surface area (Å²) in [7, 11) is 0. The Morgan fingerprint density at radius 3 is 2.32 bits per heavy atom. The number of rotatable bonds is 5. The van der Waals surface area contributed by atoms with Crippen LogP contribution in [0.15, 0.2) is 89.7 Å². The zero-order valence-corrected chi connectivity index (χ0v) is 19.9. The monoisotopic (exact) mass is 454 g/mol. The van der Waals surface area contributed by atoms with E-state index in [1.54, 1.807) is 6.92 Å². The number of carbonyl (C=O) groups excluding carboxylic acids is 2. The van der Waals surface area contributed by atoms with Gasteiger partial charge in [0.15, 0.2) is 11.9 Å². The van der Waals surface area contributed by atoms with Crippen molar-refractivity contribution in [2.24, 2.45) is 5.92 Å². The van der Waals surface area contributed by atoms with Crippen LogP contribution in [0.4, 0.5) is 0 Å². The molecule has 4 nitrogen and oxygen atoms in total. The number of benzene rings is 2. The first-order valence-electron chi connectivity index (χ1n) is 12.1. The topological polar surface area (TPSA) is 52.6 Å². The van der Waals surface area contributed by atoms with Crippen molar-refractivity contribution >= 4 is 11.8 Å². The number of Topliss-reactive ketones (excluding diaryl/α,β-unsaturated/α-hetero) is 1.